The van der Waals surface area contributed by atoms with Crippen molar-refractivity contribution in [2.75, 3.05) is 11.9 Å². The SMILES string of the molecule is O=C(CN1C(=O)/C(=C/c2cc(Cl)ccc2O)SC1=S)Nc1cccc(C(F)(F)F)c1. The number of hydrogen-bond acceptors (Lipinski definition) is 5. The predicted octanol–water partition coefficient (Wildman–Crippen LogP) is 4.90. The number of thioether (sulfide) groups is 1. The van der Waals surface area contributed by atoms with Gasteiger partial charge in [-0.3, -0.25) is 14.5 Å². The zero-order valence-electron chi connectivity index (χ0n) is 14.9. The summed E-state index contributed by atoms with van der Waals surface area (Å²) in [5, 5.41) is 12.6. The van der Waals surface area contributed by atoms with Gasteiger partial charge in [-0.25, -0.2) is 0 Å². The fraction of sp³-hybridized carbons (Fsp3) is 0.105. The smallest absolute Gasteiger partial charge is 0.416 e. The summed E-state index contributed by atoms with van der Waals surface area (Å²) in [4.78, 5) is 26.0. The van der Waals surface area contributed by atoms with Gasteiger partial charge < -0.3 is 10.4 Å². The van der Waals surface area contributed by atoms with Crippen molar-refractivity contribution in [3.8, 4) is 5.75 Å². The Morgan fingerprint density at radius 2 is 2.00 bits per heavy atom. The van der Waals surface area contributed by atoms with Crippen LogP contribution in [0.2, 0.25) is 5.02 Å². The molecule has 5 nitrogen and oxygen atoms in total. The minimum atomic E-state index is -4.55. The second-order valence-electron chi connectivity index (χ2n) is 6.10. The molecule has 0 radical (unpaired) electrons. The van der Waals surface area contributed by atoms with Crippen LogP contribution in [-0.2, 0) is 15.8 Å². The number of carbonyl (C=O) groups excluding carboxylic acids is 2. The van der Waals surface area contributed by atoms with Crippen molar-refractivity contribution in [2.24, 2.45) is 0 Å². The van der Waals surface area contributed by atoms with E-state index in [0.717, 1.165) is 34.9 Å². The van der Waals surface area contributed by atoms with E-state index in [1.807, 2.05) is 0 Å². The van der Waals surface area contributed by atoms with Crippen LogP contribution in [0.1, 0.15) is 11.1 Å². The number of nitrogens with zero attached hydrogens (tertiary/aromatic N) is 1. The molecule has 30 heavy (non-hydrogen) atoms. The molecule has 11 heteroatoms. The molecule has 1 fully saturated rings. The van der Waals surface area contributed by atoms with Crippen LogP contribution in [0.25, 0.3) is 6.08 Å². The zero-order chi connectivity index (χ0) is 22.1. The second-order valence-corrected chi connectivity index (χ2v) is 8.21. The van der Waals surface area contributed by atoms with E-state index in [1.165, 1.54) is 30.3 Å². The van der Waals surface area contributed by atoms with Gasteiger partial charge >= 0.3 is 6.18 Å². The molecule has 2 aromatic rings. The molecule has 1 aliphatic heterocycles. The Bertz CT molecular complexity index is 1070. The van der Waals surface area contributed by atoms with Gasteiger partial charge in [-0.15, -0.1) is 0 Å². The molecule has 0 aromatic heterocycles. The third-order valence-corrected chi connectivity index (χ3v) is 5.54. The average molecular weight is 473 g/mol. The van der Waals surface area contributed by atoms with Crippen LogP contribution in [-0.4, -0.2) is 32.7 Å². The number of alkyl halides is 3. The molecule has 0 bridgehead atoms. The zero-order valence-corrected chi connectivity index (χ0v) is 17.3. The number of carbonyl (C=O) groups is 2. The van der Waals surface area contributed by atoms with Gasteiger partial charge in [0.2, 0.25) is 5.91 Å². The summed E-state index contributed by atoms with van der Waals surface area (Å²) < 4.78 is 38.5. The summed E-state index contributed by atoms with van der Waals surface area (Å²) in [6.07, 6.45) is -3.15. The van der Waals surface area contributed by atoms with Gasteiger partial charge in [-0.1, -0.05) is 41.6 Å². The number of hydrogen-bond donors (Lipinski definition) is 2. The number of phenolic OH excluding ortho intramolecular Hbond substituents is 1. The molecule has 156 valence electrons. The molecule has 0 saturated carbocycles. The molecule has 2 amide bonds. The molecule has 2 aromatic carbocycles. The van der Waals surface area contributed by atoms with Crippen molar-refractivity contribution >= 4 is 63.5 Å². The van der Waals surface area contributed by atoms with Crippen LogP contribution < -0.4 is 5.32 Å². The number of benzene rings is 2. The van der Waals surface area contributed by atoms with Crippen LogP contribution in [0.15, 0.2) is 47.4 Å². The lowest BCUT2D eigenvalue weighted by atomic mass is 10.2. The maximum atomic E-state index is 12.8. The Kier molecular flexibility index (Phi) is 6.39. The predicted molar refractivity (Wildman–Crippen MR) is 113 cm³/mol. The normalized spacial score (nSPS) is 15.7. The van der Waals surface area contributed by atoms with E-state index in [9.17, 15) is 27.9 Å². The highest BCUT2D eigenvalue weighted by atomic mass is 35.5. The summed E-state index contributed by atoms with van der Waals surface area (Å²) in [6, 6.07) is 8.47. The molecule has 0 unspecified atom stereocenters. The molecule has 0 aliphatic carbocycles. The number of anilines is 1. The molecule has 1 heterocycles. The highest BCUT2D eigenvalue weighted by molar-refractivity contribution is 8.26. The van der Waals surface area contributed by atoms with Gasteiger partial charge in [0.05, 0.1) is 10.5 Å². The first-order valence-corrected chi connectivity index (χ1v) is 9.86. The number of nitrogens with one attached hydrogen (secondary N) is 1. The van der Waals surface area contributed by atoms with Gasteiger partial charge in [0.1, 0.15) is 16.6 Å². The van der Waals surface area contributed by atoms with E-state index < -0.39 is 30.1 Å². The fourth-order valence-corrected chi connectivity index (χ4v) is 3.96. The Morgan fingerprint density at radius 1 is 1.27 bits per heavy atom. The van der Waals surface area contributed by atoms with E-state index in [-0.39, 0.29) is 20.7 Å². The quantitative estimate of drug-likeness (QED) is 0.489. The number of phenols is 1. The number of rotatable bonds is 4. The number of amides is 2. The molecular weight excluding hydrogens is 461 g/mol. The van der Waals surface area contributed by atoms with Gasteiger partial charge in [0, 0.05) is 16.3 Å². The van der Waals surface area contributed by atoms with Gasteiger partial charge in [-0.2, -0.15) is 13.2 Å². The monoisotopic (exact) mass is 472 g/mol. The van der Waals surface area contributed by atoms with Crippen molar-refractivity contribution < 1.29 is 27.9 Å². The van der Waals surface area contributed by atoms with Crippen molar-refractivity contribution in [2.45, 2.75) is 6.18 Å². The standard InChI is InChI=1S/C19H12ClF3N2O3S2/c20-12-4-5-14(26)10(6-12)7-15-17(28)25(18(29)30-15)9-16(27)24-13-3-1-2-11(8-13)19(21,22)23/h1-8,26H,9H2,(H,24,27)/b15-7-. The maximum Gasteiger partial charge on any atom is 0.416 e. The van der Waals surface area contributed by atoms with Crippen molar-refractivity contribution in [3.63, 3.8) is 0 Å². The van der Waals surface area contributed by atoms with E-state index in [0.29, 0.717) is 10.6 Å². The van der Waals surface area contributed by atoms with Crippen molar-refractivity contribution in [3.05, 3.63) is 63.5 Å². The van der Waals surface area contributed by atoms with Crippen LogP contribution in [0.4, 0.5) is 18.9 Å². The Labute approximate surface area is 183 Å². The third kappa shape index (κ3) is 5.13. The van der Waals surface area contributed by atoms with Gasteiger partial charge in [-0.05, 0) is 42.5 Å². The fourth-order valence-electron chi connectivity index (χ4n) is 2.54. The van der Waals surface area contributed by atoms with Crippen molar-refractivity contribution in [1.82, 2.24) is 4.90 Å². The lowest BCUT2D eigenvalue weighted by Gasteiger charge is -2.15. The lowest BCUT2D eigenvalue weighted by molar-refractivity contribution is -0.137. The summed E-state index contributed by atoms with van der Waals surface area (Å²) in [7, 11) is 0. The molecule has 1 saturated heterocycles. The summed E-state index contributed by atoms with van der Waals surface area (Å²) in [5.41, 5.74) is -0.661. The second kappa shape index (κ2) is 8.66. The Morgan fingerprint density at radius 3 is 2.70 bits per heavy atom. The topological polar surface area (TPSA) is 69.6 Å². The molecule has 0 atom stereocenters. The third-order valence-electron chi connectivity index (χ3n) is 3.93. The molecule has 2 N–H and O–H groups in total. The highest BCUT2D eigenvalue weighted by Crippen LogP contribution is 2.35. The highest BCUT2D eigenvalue weighted by Gasteiger charge is 2.34. The lowest BCUT2D eigenvalue weighted by Crippen LogP contribution is -2.36. The van der Waals surface area contributed by atoms with Gasteiger partial charge in [0.25, 0.3) is 5.91 Å². The largest absolute Gasteiger partial charge is 0.507 e. The Balaban J connectivity index is 1.72. The van der Waals surface area contributed by atoms with E-state index in [4.69, 9.17) is 23.8 Å². The van der Waals surface area contributed by atoms with Crippen molar-refractivity contribution in [1.29, 1.82) is 0 Å². The Hall–Kier alpha value is -2.56. The molecule has 3 rings (SSSR count). The van der Waals surface area contributed by atoms with E-state index >= 15 is 0 Å². The minimum absolute atomic E-state index is 0.0559. The molecule has 1 aliphatic rings. The minimum Gasteiger partial charge on any atom is -0.507 e. The first-order chi connectivity index (χ1) is 14.0. The van der Waals surface area contributed by atoms with Gasteiger partial charge in [0.15, 0.2) is 0 Å². The summed E-state index contributed by atoms with van der Waals surface area (Å²) in [5.74, 6) is -1.37. The van der Waals surface area contributed by atoms with E-state index in [2.05, 4.69) is 5.32 Å². The number of halogens is 4. The van der Waals surface area contributed by atoms with Crippen LogP contribution >= 0.6 is 35.6 Å². The van der Waals surface area contributed by atoms with E-state index in [1.54, 1.807) is 0 Å². The number of aromatic hydroxyl groups is 1. The van der Waals surface area contributed by atoms with Crippen LogP contribution in [0.3, 0.4) is 0 Å². The van der Waals surface area contributed by atoms with Crippen LogP contribution in [0, 0.1) is 0 Å². The molecular formula is C19H12ClF3N2O3S2. The number of thiocarbonyl (C=S) groups is 1. The first kappa shape index (κ1) is 22.1. The first-order valence-electron chi connectivity index (χ1n) is 8.25. The summed E-state index contributed by atoms with van der Waals surface area (Å²) >= 11 is 12.0. The average Bonchev–Trinajstić information content (AvgIpc) is 2.91. The molecule has 0 spiro atoms. The van der Waals surface area contributed by atoms with Crippen LogP contribution in [0.5, 0.6) is 5.75 Å². The summed E-state index contributed by atoms with van der Waals surface area (Å²) in [6.45, 7) is -0.472. The maximum absolute atomic E-state index is 12.8.